The first-order chi connectivity index (χ1) is 12.6. The van der Waals surface area contributed by atoms with E-state index < -0.39 is 4.70 Å². The monoisotopic (exact) mass is 432 g/mol. The van der Waals surface area contributed by atoms with E-state index in [1.54, 1.807) is 62.2 Å². The lowest BCUT2D eigenvalue weighted by molar-refractivity contribution is 0.244. The fourth-order valence-corrected chi connectivity index (χ4v) is 1.31. The quantitative estimate of drug-likeness (QED) is 0.409. The summed E-state index contributed by atoms with van der Waals surface area (Å²) in [6.45, 7) is 0. The number of imidazole rings is 4. The van der Waals surface area contributed by atoms with Gasteiger partial charge in [0.05, 0.1) is 12.7 Å². The number of H-pyrrole nitrogens is 2. The van der Waals surface area contributed by atoms with Gasteiger partial charge in [0, 0.05) is 49.6 Å². The number of hydrogen-bond donors (Lipinski definition) is 2. The number of carbonyl (C=O) groups excluding carboxylic acids is 2. The van der Waals surface area contributed by atoms with Crippen LogP contribution in [0.1, 0.15) is 0 Å². The summed E-state index contributed by atoms with van der Waals surface area (Å²) in [4.78, 5) is 40.7. The maximum atomic E-state index is 11.4. The Labute approximate surface area is 170 Å². The molecule has 2 N–H and O–H groups in total. The van der Waals surface area contributed by atoms with Gasteiger partial charge in [-0.15, -0.1) is 12.4 Å². The lowest BCUT2D eigenvalue weighted by Gasteiger charge is -1.98. The molecule has 4 aromatic rings. The zero-order chi connectivity index (χ0) is 19.0. The molecule has 0 radical (unpaired) electrons. The highest BCUT2D eigenvalue weighted by atomic mass is 35.5. The van der Waals surface area contributed by atoms with Crippen LogP contribution >= 0.6 is 35.6 Å². The lowest BCUT2D eigenvalue weighted by atomic mass is 10.8. The average Bonchev–Trinajstić information content (AvgIpc) is 3.47. The minimum atomic E-state index is -0.889. The molecule has 0 saturated heterocycles. The number of carbonyl (C=O) groups is 2. The van der Waals surface area contributed by atoms with E-state index in [-0.39, 0.29) is 18.4 Å². The minimum Gasteiger partial charge on any atom is -0.351 e. The van der Waals surface area contributed by atoms with E-state index in [9.17, 15) is 4.79 Å². The summed E-state index contributed by atoms with van der Waals surface area (Å²) in [7, 11) is 0. The molecule has 0 fully saturated rings. The molecule has 0 spiro atoms. The Kier molecular flexibility index (Phi) is 13.6. The van der Waals surface area contributed by atoms with Crippen molar-refractivity contribution in [2.75, 3.05) is 0 Å². The third kappa shape index (κ3) is 12.1. The van der Waals surface area contributed by atoms with Gasteiger partial charge in [-0.3, -0.25) is 13.9 Å². The van der Waals surface area contributed by atoms with Crippen molar-refractivity contribution in [2.45, 2.75) is 0 Å². The molecule has 0 aliphatic heterocycles. The van der Waals surface area contributed by atoms with Gasteiger partial charge in [-0.25, -0.2) is 24.7 Å². The Morgan fingerprint density at radius 1 is 0.741 bits per heavy atom. The zero-order valence-corrected chi connectivity index (χ0v) is 15.9. The second-order valence-corrected chi connectivity index (χ2v) is 4.85. The van der Waals surface area contributed by atoms with E-state index in [2.05, 4.69) is 53.1 Å². The van der Waals surface area contributed by atoms with E-state index in [0.717, 1.165) is 0 Å². The SMILES string of the molecule is Cl.O=C(Cl)Cl.O=C(n1ccnc1)n1ccnc1.c1c[nH]cn1.c1c[nH]cn1. The summed E-state index contributed by atoms with van der Waals surface area (Å²) in [6.07, 6.45) is 19.3. The highest BCUT2D eigenvalue weighted by Crippen LogP contribution is 1.92. The number of aromatic amines is 2. The van der Waals surface area contributed by atoms with Crippen molar-refractivity contribution in [2.24, 2.45) is 0 Å². The number of nitrogens with one attached hydrogen (secondary N) is 2. The van der Waals surface area contributed by atoms with Gasteiger partial charge in [-0.2, -0.15) is 0 Å². The van der Waals surface area contributed by atoms with E-state index in [4.69, 9.17) is 4.79 Å². The molecule has 144 valence electrons. The predicted molar refractivity (Wildman–Crippen MR) is 102 cm³/mol. The number of nitrogens with zero attached hydrogens (tertiary/aromatic N) is 6. The Hall–Kier alpha value is -2.95. The topological polar surface area (TPSA) is 127 Å². The van der Waals surface area contributed by atoms with Crippen molar-refractivity contribution >= 4 is 46.3 Å². The normalized spacial score (nSPS) is 8.37. The van der Waals surface area contributed by atoms with Gasteiger partial charge in [0.25, 0.3) is 0 Å². The van der Waals surface area contributed by atoms with Crippen molar-refractivity contribution in [1.82, 2.24) is 39.0 Å². The zero-order valence-electron chi connectivity index (χ0n) is 13.6. The third-order valence-electron chi connectivity index (χ3n) is 2.26. The van der Waals surface area contributed by atoms with E-state index >= 15 is 0 Å². The fourth-order valence-electron chi connectivity index (χ4n) is 1.31. The second kappa shape index (κ2) is 15.3. The Morgan fingerprint density at radius 2 is 1.15 bits per heavy atom. The maximum Gasteiger partial charge on any atom is 0.338 e. The molecule has 0 bridgehead atoms. The summed E-state index contributed by atoms with van der Waals surface area (Å²) in [6, 6.07) is -0.190. The molecule has 0 saturated carbocycles. The van der Waals surface area contributed by atoms with Gasteiger partial charge in [0.2, 0.25) is 0 Å². The third-order valence-corrected chi connectivity index (χ3v) is 2.26. The minimum absolute atomic E-state index is 0. The summed E-state index contributed by atoms with van der Waals surface area (Å²) < 4.78 is 1.86. The molecular formula is C14H15Cl3N8O2. The maximum absolute atomic E-state index is 11.4. The van der Waals surface area contributed by atoms with E-state index in [1.807, 2.05) is 0 Å². The fraction of sp³-hybridized carbons (Fsp3) is 0. The van der Waals surface area contributed by atoms with Crippen LogP contribution in [0.3, 0.4) is 0 Å². The first kappa shape index (κ1) is 24.1. The molecule has 0 unspecified atom stereocenters. The Bertz CT molecular complexity index is 702. The van der Waals surface area contributed by atoms with Crippen molar-refractivity contribution in [3.8, 4) is 0 Å². The Balaban J connectivity index is 0.000000377. The van der Waals surface area contributed by atoms with Crippen LogP contribution in [-0.2, 0) is 0 Å². The van der Waals surface area contributed by atoms with Crippen LogP contribution in [0.4, 0.5) is 9.59 Å². The molecule has 4 rings (SSSR count). The van der Waals surface area contributed by atoms with Gasteiger partial charge < -0.3 is 9.97 Å². The standard InChI is InChI=1S/C7H6N4O.2C3H4N2.CCl2O.ClH/c12-7(10-3-1-8-5-10)11-4-2-9-6-11;2*1-2-5-3-4-1;2-1(3)4;/h1-6H;2*1-3H,(H,4,5);;1H. The van der Waals surface area contributed by atoms with Crippen LogP contribution in [0.5, 0.6) is 0 Å². The summed E-state index contributed by atoms with van der Waals surface area (Å²) >= 11 is 8.80. The van der Waals surface area contributed by atoms with Gasteiger partial charge in [-0.05, 0) is 23.2 Å². The van der Waals surface area contributed by atoms with Crippen LogP contribution in [0.25, 0.3) is 0 Å². The largest absolute Gasteiger partial charge is 0.351 e. The smallest absolute Gasteiger partial charge is 0.338 e. The number of rotatable bonds is 0. The number of halogens is 3. The first-order valence-corrected chi connectivity index (χ1v) is 7.58. The van der Waals surface area contributed by atoms with Gasteiger partial charge in [0.15, 0.2) is 0 Å². The summed E-state index contributed by atoms with van der Waals surface area (Å²) in [5.41, 5.74) is 0. The second-order valence-electron chi connectivity index (χ2n) is 3.97. The van der Waals surface area contributed by atoms with Crippen molar-refractivity contribution in [3.05, 3.63) is 74.9 Å². The van der Waals surface area contributed by atoms with Crippen molar-refractivity contribution in [3.63, 3.8) is 0 Å². The molecule has 0 atom stereocenters. The molecule has 13 heteroatoms. The first-order valence-electron chi connectivity index (χ1n) is 6.82. The predicted octanol–water partition coefficient (Wildman–Crippen LogP) is 3.42. The lowest BCUT2D eigenvalue weighted by Crippen LogP contribution is -2.15. The van der Waals surface area contributed by atoms with Gasteiger partial charge in [0.1, 0.15) is 12.7 Å². The van der Waals surface area contributed by atoms with Crippen LogP contribution in [0.15, 0.2) is 74.9 Å². The molecule has 27 heavy (non-hydrogen) atoms. The summed E-state index contributed by atoms with van der Waals surface area (Å²) in [5, 5.41) is 0. The molecule has 0 aliphatic rings. The molecule has 4 heterocycles. The Morgan fingerprint density at radius 3 is 1.33 bits per heavy atom. The van der Waals surface area contributed by atoms with Crippen LogP contribution in [0, 0.1) is 0 Å². The van der Waals surface area contributed by atoms with Crippen LogP contribution in [0.2, 0.25) is 0 Å². The van der Waals surface area contributed by atoms with Crippen molar-refractivity contribution < 1.29 is 9.59 Å². The molecule has 10 nitrogen and oxygen atoms in total. The van der Waals surface area contributed by atoms with Crippen LogP contribution < -0.4 is 0 Å². The van der Waals surface area contributed by atoms with Gasteiger partial charge in [-0.1, -0.05) is 0 Å². The average molecular weight is 434 g/mol. The van der Waals surface area contributed by atoms with E-state index in [1.165, 1.54) is 21.8 Å². The molecule has 0 amide bonds. The molecular weight excluding hydrogens is 419 g/mol. The number of hydrogen-bond acceptors (Lipinski definition) is 6. The molecule has 4 aromatic heterocycles. The highest BCUT2D eigenvalue weighted by Gasteiger charge is 2.03. The number of aromatic nitrogens is 8. The van der Waals surface area contributed by atoms with Gasteiger partial charge >= 0.3 is 10.7 Å². The van der Waals surface area contributed by atoms with Crippen molar-refractivity contribution in [1.29, 1.82) is 0 Å². The highest BCUT2D eigenvalue weighted by molar-refractivity contribution is 6.93. The molecule has 0 aromatic carbocycles. The molecule has 0 aliphatic carbocycles. The van der Waals surface area contributed by atoms with Crippen LogP contribution in [-0.4, -0.2) is 49.8 Å². The van der Waals surface area contributed by atoms with E-state index in [0.29, 0.717) is 0 Å². The summed E-state index contributed by atoms with van der Waals surface area (Å²) in [5.74, 6) is 0.